The van der Waals surface area contributed by atoms with Crippen molar-refractivity contribution in [1.29, 1.82) is 0 Å². The number of fused-ring (bicyclic) bond motifs is 1. The SMILES string of the molecule is C[C@@H]1C(=O)N[C@H](Cc2ccc(O)cc2)C(=O)NCCCc2cccc(F)c2OCCN[C@@H](C2CC2)C(=O)N1C. The smallest absolute Gasteiger partial charge is 0.243 e. The number of nitrogens with one attached hydrogen (secondary N) is 3. The molecule has 1 fully saturated rings. The lowest BCUT2D eigenvalue weighted by Crippen LogP contribution is -2.56. The van der Waals surface area contributed by atoms with Crippen LogP contribution in [0.1, 0.15) is 37.3 Å². The van der Waals surface area contributed by atoms with Crippen molar-refractivity contribution in [3.05, 3.63) is 59.4 Å². The number of carbonyl (C=O) groups is 3. The third-order valence-electron chi connectivity index (χ3n) is 7.36. The van der Waals surface area contributed by atoms with Gasteiger partial charge in [-0.3, -0.25) is 14.4 Å². The fourth-order valence-corrected chi connectivity index (χ4v) is 4.73. The van der Waals surface area contributed by atoms with E-state index in [1.807, 2.05) is 0 Å². The summed E-state index contributed by atoms with van der Waals surface area (Å²) in [7, 11) is 1.58. The van der Waals surface area contributed by atoms with Crippen LogP contribution >= 0.6 is 0 Å². The van der Waals surface area contributed by atoms with Crippen LogP contribution in [-0.2, 0) is 27.2 Å². The van der Waals surface area contributed by atoms with E-state index in [1.54, 1.807) is 38.2 Å². The van der Waals surface area contributed by atoms with Crippen LogP contribution in [0.4, 0.5) is 4.39 Å². The molecule has 2 aromatic carbocycles. The average molecular weight is 541 g/mol. The maximum absolute atomic E-state index is 14.6. The maximum atomic E-state index is 14.6. The molecule has 0 saturated heterocycles. The van der Waals surface area contributed by atoms with Crippen LogP contribution < -0.4 is 20.7 Å². The van der Waals surface area contributed by atoms with Crippen molar-refractivity contribution in [2.45, 2.75) is 57.2 Å². The number of amides is 3. The third-order valence-corrected chi connectivity index (χ3v) is 7.36. The topological polar surface area (TPSA) is 120 Å². The number of benzene rings is 2. The number of phenolic OH excluding ortho intramolecular Hbond substituents is 1. The van der Waals surface area contributed by atoms with Gasteiger partial charge in [0.05, 0.1) is 6.04 Å². The lowest BCUT2D eigenvalue weighted by Gasteiger charge is -2.30. The zero-order valence-corrected chi connectivity index (χ0v) is 22.4. The largest absolute Gasteiger partial charge is 0.508 e. The predicted octanol–water partition coefficient (Wildman–Crippen LogP) is 1.92. The van der Waals surface area contributed by atoms with E-state index >= 15 is 0 Å². The van der Waals surface area contributed by atoms with Crippen LogP contribution in [0.5, 0.6) is 11.5 Å². The van der Waals surface area contributed by atoms with E-state index in [9.17, 15) is 23.9 Å². The first kappa shape index (κ1) is 28.4. The molecule has 0 aromatic heterocycles. The van der Waals surface area contributed by atoms with Gasteiger partial charge in [0.1, 0.15) is 24.4 Å². The molecule has 1 saturated carbocycles. The van der Waals surface area contributed by atoms with Gasteiger partial charge in [0.2, 0.25) is 17.7 Å². The summed E-state index contributed by atoms with van der Waals surface area (Å²) in [5.74, 6) is -1.02. The van der Waals surface area contributed by atoms with Crippen LogP contribution in [0.3, 0.4) is 0 Å². The number of aromatic hydroxyl groups is 1. The van der Waals surface area contributed by atoms with Crippen molar-refractivity contribution in [2.24, 2.45) is 5.92 Å². The predicted molar refractivity (Wildman–Crippen MR) is 144 cm³/mol. The van der Waals surface area contributed by atoms with E-state index in [4.69, 9.17) is 4.74 Å². The van der Waals surface area contributed by atoms with E-state index in [1.165, 1.54) is 23.1 Å². The summed E-state index contributed by atoms with van der Waals surface area (Å²) in [6.45, 7) is 2.48. The van der Waals surface area contributed by atoms with E-state index in [0.717, 1.165) is 18.4 Å². The van der Waals surface area contributed by atoms with Crippen LogP contribution in [0.25, 0.3) is 0 Å². The molecule has 2 aliphatic rings. The lowest BCUT2D eigenvalue weighted by molar-refractivity contribution is -0.141. The summed E-state index contributed by atoms with van der Waals surface area (Å²) < 4.78 is 20.4. The number of phenols is 1. The Kier molecular flexibility index (Phi) is 9.40. The highest BCUT2D eigenvalue weighted by Crippen LogP contribution is 2.33. The second-order valence-corrected chi connectivity index (χ2v) is 10.3. The van der Waals surface area contributed by atoms with Crippen LogP contribution in [-0.4, -0.2) is 72.6 Å². The minimum absolute atomic E-state index is 0.102. The fraction of sp³-hybridized carbons (Fsp3) is 0.483. The number of likely N-dealkylation sites (N-methyl/N-ethyl adjacent to an activating group) is 1. The summed E-state index contributed by atoms with van der Waals surface area (Å²) in [6, 6.07) is 9.02. The first-order chi connectivity index (χ1) is 18.7. The monoisotopic (exact) mass is 540 g/mol. The van der Waals surface area contributed by atoms with Gasteiger partial charge in [-0.15, -0.1) is 0 Å². The minimum atomic E-state index is -0.891. The molecule has 10 heteroatoms. The first-order valence-corrected chi connectivity index (χ1v) is 13.5. The highest BCUT2D eigenvalue weighted by Gasteiger charge is 2.39. The molecule has 4 rings (SSSR count). The van der Waals surface area contributed by atoms with Gasteiger partial charge in [-0.1, -0.05) is 24.3 Å². The molecule has 4 N–H and O–H groups in total. The van der Waals surface area contributed by atoms with Gasteiger partial charge < -0.3 is 30.7 Å². The van der Waals surface area contributed by atoms with Gasteiger partial charge >= 0.3 is 0 Å². The van der Waals surface area contributed by atoms with Crippen molar-refractivity contribution >= 4 is 17.7 Å². The second-order valence-electron chi connectivity index (χ2n) is 10.3. The van der Waals surface area contributed by atoms with Gasteiger partial charge in [0.15, 0.2) is 11.6 Å². The summed E-state index contributed by atoms with van der Waals surface area (Å²) in [6.07, 6.45) is 3.05. The molecule has 2 aromatic rings. The molecule has 0 spiro atoms. The Morgan fingerprint density at radius 1 is 1.05 bits per heavy atom. The third kappa shape index (κ3) is 7.47. The molecule has 9 nitrogen and oxygen atoms in total. The zero-order valence-electron chi connectivity index (χ0n) is 22.4. The number of nitrogens with zero attached hydrogens (tertiary/aromatic N) is 1. The standard InChI is InChI=1S/C29H37FN4O5/c1-18-27(36)33-24(17-19-8-12-22(35)13-9-19)28(37)32-14-4-6-21-5-3-7-23(30)26(21)39-16-15-31-25(20-10-11-20)29(38)34(18)2/h3,5,7-9,12-13,18,20,24-25,31,35H,4,6,10-11,14-17H2,1-2H3,(H,32,37)(H,33,36)/t18-,24-,25+/m1/s1. The van der Waals surface area contributed by atoms with Gasteiger partial charge in [-0.05, 0) is 67.9 Å². The highest BCUT2D eigenvalue weighted by molar-refractivity contribution is 5.93. The van der Waals surface area contributed by atoms with Crippen LogP contribution in [0.2, 0.25) is 0 Å². The van der Waals surface area contributed by atoms with Crippen molar-refractivity contribution in [2.75, 3.05) is 26.7 Å². The van der Waals surface area contributed by atoms with Crippen LogP contribution in [0.15, 0.2) is 42.5 Å². The number of carbonyl (C=O) groups excluding carboxylic acids is 3. The summed E-state index contributed by atoms with van der Waals surface area (Å²) >= 11 is 0. The van der Waals surface area contributed by atoms with Gasteiger partial charge in [0, 0.05) is 26.6 Å². The molecule has 1 heterocycles. The Balaban J connectivity index is 1.56. The molecule has 1 aliphatic carbocycles. The Morgan fingerprint density at radius 2 is 1.79 bits per heavy atom. The molecule has 39 heavy (non-hydrogen) atoms. The Bertz CT molecular complexity index is 1170. The van der Waals surface area contributed by atoms with Crippen molar-refractivity contribution < 1.29 is 28.6 Å². The van der Waals surface area contributed by atoms with Gasteiger partial charge in [0.25, 0.3) is 0 Å². The Labute approximate surface area is 228 Å². The van der Waals surface area contributed by atoms with E-state index < -0.39 is 29.8 Å². The number of halogens is 1. The maximum Gasteiger partial charge on any atom is 0.243 e. The van der Waals surface area contributed by atoms with Gasteiger partial charge in [-0.25, -0.2) is 4.39 Å². The minimum Gasteiger partial charge on any atom is -0.508 e. The fourth-order valence-electron chi connectivity index (χ4n) is 4.73. The number of para-hydroxylation sites is 1. The molecule has 210 valence electrons. The number of aryl methyl sites for hydroxylation is 1. The van der Waals surface area contributed by atoms with E-state index in [2.05, 4.69) is 16.0 Å². The molecule has 3 atom stereocenters. The number of rotatable bonds is 3. The van der Waals surface area contributed by atoms with Crippen LogP contribution in [0, 0.1) is 11.7 Å². The zero-order chi connectivity index (χ0) is 27.9. The molecular weight excluding hydrogens is 503 g/mol. The molecule has 3 amide bonds. The average Bonchev–Trinajstić information content (AvgIpc) is 3.76. The van der Waals surface area contributed by atoms with Crippen molar-refractivity contribution in [1.82, 2.24) is 20.9 Å². The van der Waals surface area contributed by atoms with E-state index in [0.29, 0.717) is 31.5 Å². The van der Waals surface area contributed by atoms with Crippen molar-refractivity contribution in [3.63, 3.8) is 0 Å². The molecule has 1 aliphatic heterocycles. The summed E-state index contributed by atoms with van der Waals surface area (Å²) in [5, 5.41) is 18.6. The highest BCUT2D eigenvalue weighted by atomic mass is 19.1. The number of hydrogen-bond acceptors (Lipinski definition) is 6. The number of hydrogen-bond donors (Lipinski definition) is 4. The summed E-state index contributed by atoms with van der Waals surface area (Å²) in [5.41, 5.74) is 1.45. The normalized spacial score (nSPS) is 24.0. The second kappa shape index (κ2) is 12.9. The van der Waals surface area contributed by atoms with E-state index in [-0.39, 0.29) is 42.3 Å². The molecule has 0 bridgehead atoms. The van der Waals surface area contributed by atoms with Crippen molar-refractivity contribution in [3.8, 4) is 11.5 Å². The molecular formula is C29H37FN4O5. The molecule has 0 radical (unpaired) electrons. The lowest BCUT2D eigenvalue weighted by atomic mass is 10.0. The Hall–Kier alpha value is -3.66. The first-order valence-electron chi connectivity index (χ1n) is 13.5. The Morgan fingerprint density at radius 3 is 2.51 bits per heavy atom. The van der Waals surface area contributed by atoms with Gasteiger partial charge in [-0.2, -0.15) is 0 Å². The molecule has 0 unspecified atom stereocenters. The number of ether oxygens (including phenoxy) is 1. The summed E-state index contributed by atoms with van der Waals surface area (Å²) in [4.78, 5) is 41.2. The quantitative estimate of drug-likeness (QED) is 0.472.